The van der Waals surface area contributed by atoms with Gasteiger partial charge in [-0.1, -0.05) is 25.4 Å². The topological polar surface area (TPSA) is 35.5 Å². The lowest BCUT2D eigenvalue weighted by Crippen LogP contribution is -2.00. The van der Waals surface area contributed by atoms with Gasteiger partial charge < -0.3 is 9.47 Å². The number of hydrogen-bond acceptors (Lipinski definition) is 3. The highest BCUT2D eigenvalue weighted by atomic mass is 35.5. The molecule has 0 unspecified atom stereocenters. The highest BCUT2D eigenvalue weighted by Crippen LogP contribution is 2.27. The van der Waals surface area contributed by atoms with Crippen LogP contribution in [0.25, 0.3) is 0 Å². The molecular weight excluding hydrogens is 300 g/mol. The lowest BCUT2D eigenvalue weighted by molar-refractivity contribution is 0.0600. The number of benzene rings is 2. The minimum atomic E-state index is -0.367. The molecule has 2 rings (SSSR count). The van der Waals surface area contributed by atoms with Crippen molar-refractivity contribution < 1.29 is 14.3 Å². The lowest BCUT2D eigenvalue weighted by atomic mass is 10.0. The number of halogens is 1. The Balaban J connectivity index is 2.16. The van der Waals surface area contributed by atoms with Gasteiger partial charge in [-0.15, -0.1) is 0 Å². The quantitative estimate of drug-likeness (QED) is 0.718. The van der Waals surface area contributed by atoms with E-state index in [9.17, 15) is 4.79 Å². The Hall–Kier alpha value is -2.00. The van der Waals surface area contributed by atoms with E-state index in [4.69, 9.17) is 16.3 Å². The molecule has 2 aromatic carbocycles. The van der Waals surface area contributed by atoms with Crippen LogP contribution in [0.4, 0.5) is 0 Å². The Morgan fingerprint density at radius 3 is 2.36 bits per heavy atom. The van der Waals surface area contributed by atoms with Crippen LogP contribution in [0.1, 0.15) is 29.8 Å². The average Bonchev–Trinajstić information content (AvgIpc) is 2.46. The minimum Gasteiger partial charge on any atom is -0.465 e. The molecule has 0 fully saturated rings. The summed E-state index contributed by atoms with van der Waals surface area (Å²) < 4.78 is 10.5. The van der Waals surface area contributed by atoms with Crippen LogP contribution >= 0.6 is 11.6 Å². The van der Waals surface area contributed by atoms with E-state index in [2.05, 4.69) is 18.6 Å². The minimum absolute atomic E-state index is 0.367. The van der Waals surface area contributed by atoms with Gasteiger partial charge in [-0.05, 0) is 60.4 Å². The number of ether oxygens (including phenoxy) is 2. The molecule has 0 N–H and O–H groups in total. The first-order valence-electron chi connectivity index (χ1n) is 7.13. The first-order valence-corrected chi connectivity index (χ1v) is 7.51. The highest BCUT2D eigenvalue weighted by molar-refractivity contribution is 6.30. The van der Waals surface area contributed by atoms with Crippen molar-refractivity contribution in [2.75, 3.05) is 7.11 Å². The van der Waals surface area contributed by atoms with E-state index < -0.39 is 0 Å². The van der Waals surface area contributed by atoms with Gasteiger partial charge in [0.25, 0.3) is 0 Å². The van der Waals surface area contributed by atoms with Gasteiger partial charge in [-0.2, -0.15) is 0 Å². The molecule has 0 aromatic heterocycles. The van der Waals surface area contributed by atoms with E-state index in [-0.39, 0.29) is 5.97 Å². The molecule has 116 valence electrons. The molecule has 4 heteroatoms. The highest BCUT2D eigenvalue weighted by Gasteiger charge is 2.07. The van der Waals surface area contributed by atoms with Crippen molar-refractivity contribution >= 4 is 17.6 Å². The molecule has 2 aromatic rings. The molecule has 0 aliphatic carbocycles. The molecule has 0 heterocycles. The Kier molecular flexibility index (Phi) is 5.45. The third-order valence-electron chi connectivity index (χ3n) is 3.09. The van der Waals surface area contributed by atoms with Gasteiger partial charge in [0.15, 0.2) is 0 Å². The maximum Gasteiger partial charge on any atom is 0.337 e. The van der Waals surface area contributed by atoms with Crippen molar-refractivity contribution in [1.29, 1.82) is 0 Å². The predicted molar refractivity (Wildman–Crippen MR) is 87.8 cm³/mol. The standard InChI is InChI=1S/C18H19ClO3/c1-12(2)8-13-9-15(19)11-17(10-13)22-16-6-4-14(5-7-16)18(20)21-3/h4-7,9-12H,8H2,1-3H3. The van der Waals surface area contributed by atoms with Crippen LogP contribution in [0.15, 0.2) is 42.5 Å². The molecule has 22 heavy (non-hydrogen) atoms. The molecule has 0 saturated carbocycles. The van der Waals surface area contributed by atoms with Crippen LogP contribution < -0.4 is 4.74 Å². The van der Waals surface area contributed by atoms with Crippen molar-refractivity contribution in [1.82, 2.24) is 0 Å². The summed E-state index contributed by atoms with van der Waals surface area (Å²) in [7, 11) is 1.36. The summed E-state index contributed by atoms with van der Waals surface area (Å²) in [6.07, 6.45) is 0.943. The Bertz CT molecular complexity index is 648. The number of carbonyl (C=O) groups excluding carboxylic acids is 1. The second-order valence-corrected chi connectivity index (χ2v) is 5.95. The third-order valence-corrected chi connectivity index (χ3v) is 3.30. The van der Waals surface area contributed by atoms with Crippen LogP contribution in [-0.4, -0.2) is 13.1 Å². The Morgan fingerprint density at radius 2 is 1.77 bits per heavy atom. The van der Waals surface area contributed by atoms with Crippen molar-refractivity contribution in [2.24, 2.45) is 5.92 Å². The van der Waals surface area contributed by atoms with Gasteiger partial charge in [-0.25, -0.2) is 4.79 Å². The molecule has 0 saturated heterocycles. The smallest absolute Gasteiger partial charge is 0.337 e. The summed E-state index contributed by atoms with van der Waals surface area (Å²) in [5, 5.41) is 0.652. The fraction of sp³-hybridized carbons (Fsp3) is 0.278. The Morgan fingerprint density at radius 1 is 1.09 bits per heavy atom. The van der Waals surface area contributed by atoms with E-state index >= 15 is 0 Å². The molecule has 3 nitrogen and oxygen atoms in total. The van der Waals surface area contributed by atoms with Gasteiger partial charge in [0.2, 0.25) is 0 Å². The molecule has 0 amide bonds. The maximum absolute atomic E-state index is 11.4. The number of rotatable bonds is 5. The number of esters is 1. The molecule has 0 spiro atoms. The fourth-order valence-electron chi connectivity index (χ4n) is 2.18. The van der Waals surface area contributed by atoms with Gasteiger partial charge in [0, 0.05) is 5.02 Å². The number of carbonyl (C=O) groups is 1. The normalized spacial score (nSPS) is 10.6. The van der Waals surface area contributed by atoms with Crippen LogP contribution in [0.2, 0.25) is 5.02 Å². The van der Waals surface area contributed by atoms with Gasteiger partial charge in [0.1, 0.15) is 11.5 Å². The van der Waals surface area contributed by atoms with E-state index in [1.807, 2.05) is 12.1 Å². The van der Waals surface area contributed by atoms with Crippen LogP contribution in [-0.2, 0) is 11.2 Å². The van der Waals surface area contributed by atoms with Crippen molar-refractivity contribution in [3.8, 4) is 11.5 Å². The molecule has 0 atom stereocenters. The van der Waals surface area contributed by atoms with E-state index in [1.165, 1.54) is 7.11 Å². The average molecular weight is 319 g/mol. The zero-order valence-corrected chi connectivity index (χ0v) is 13.7. The summed E-state index contributed by atoms with van der Waals surface area (Å²) >= 11 is 6.14. The van der Waals surface area contributed by atoms with E-state index in [0.29, 0.717) is 28.0 Å². The van der Waals surface area contributed by atoms with E-state index in [1.54, 1.807) is 30.3 Å². The largest absolute Gasteiger partial charge is 0.465 e. The zero-order chi connectivity index (χ0) is 16.1. The summed E-state index contributed by atoms with van der Waals surface area (Å²) in [5.41, 5.74) is 1.63. The first-order chi connectivity index (χ1) is 10.5. The summed E-state index contributed by atoms with van der Waals surface area (Å²) in [6.45, 7) is 4.32. The van der Waals surface area contributed by atoms with Gasteiger partial charge >= 0.3 is 5.97 Å². The van der Waals surface area contributed by atoms with Gasteiger partial charge in [-0.3, -0.25) is 0 Å². The van der Waals surface area contributed by atoms with Crippen molar-refractivity contribution in [2.45, 2.75) is 20.3 Å². The van der Waals surface area contributed by atoms with Crippen LogP contribution in [0, 0.1) is 5.92 Å². The second-order valence-electron chi connectivity index (χ2n) is 5.51. The third kappa shape index (κ3) is 4.50. The molecular formula is C18H19ClO3. The first kappa shape index (κ1) is 16.4. The maximum atomic E-state index is 11.4. The van der Waals surface area contributed by atoms with E-state index in [0.717, 1.165) is 12.0 Å². The van der Waals surface area contributed by atoms with Crippen molar-refractivity contribution in [3.05, 3.63) is 58.6 Å². The predicted octanol–water partition coefficient (Wildman–Crippen LogP) is 5.12. The number of hydrogen-bond donors (Lipinski definition) is 0. The zero-order valence-electron chi connectivity index (χ0n) is 12.9. The van der Waals surface area contributed by atoms with Gasteiger partial charge in [0.05, 0.1) is 12.7 Å². The fourth-order valence-corrected chi connectivity index (χ4v) is 2.43. The Labute approximate surface area is 135 Å². The summed E-state index contributed by atoms with van der Waals surface area (Å²) in [5.74, 6) is 1.51. The van der Waals surface area contributed by atoms with Crippen LogP contribution in [0.5, 0.6) is 11.5 Å². The lowest BCUT2D eigenvalue weighted by Gasteiger charge is -2.10. The second kappa shape index (κ2) is 7.32. The molecule has 0 bridgehead atoms. The summed E-state index contributed by atoms with van der Waals surface area (Å²) in [4.78, 5) is 11.4. The molecule has 0 radical (unpaired) electrons. The summed E-state index contributed by atoms with van der Waals surface area (Å²) in [6, 6.07) is 12.5. The molecule has 0 aliphatic rings. The number of methoxy groups -OCH3 is 1. The SMILES string of the molecule is COC(=O)c1ccc(Oc2cc(Cl)cc(CC(C)C)c2)cc1. The van der Waals surface area contributed by atoms with Crippen molar-refractivity contribution in [3.63, 3.8) is 0 Å². The van der Waals surface area contributed by atoms with Crippen LogP contribution in [0.3, 0.4) is 0 Å². The monoisotopic (exact) mass is 318 g/mol. The molecule has 0 aliphatic heterocycles.